The highest BCUT2D eigenvalue weighted by Crippen LogP contribution is 2.26. The van der Waals surface area contributed by atoms with E-state index in [1.165, 1.54) is 0 Å². The van der Waals surface area contributed by atoms with Gasteiger partial charge in [-0.3, -0.25) is 4.98 Å². The fraction of sp³-hybridized carbons (Fsp3) is 0.0952. The van der Waals surface area contributed by atoms with E-state index in [0.29, 0.717) is 5.71 Å². The molecule has 4 rings (SSSR count). The van der Waals surface area contributed by atoms with Crippen molar-refractivity contribution < 1.29 is 5.21 Å². The van der Waals surface area contributed by atoms with Gasteiger partial charge in [-0.15, -0.1) is 11.3 Å². The lowest BCUT2D eigenvalue weighted by molar-refractivity contribution is 0.320. The van der Waals surface area contributed by atoms with E-state index in [4.69, 9.17) is 0 Å². The zero-order valence-electron chi connectivity index (χ0n) is 14.7. The second-order valence-electron chi connectivity index (χ2n) is 6.19. The predicted molar refractivity (Wildman–Crippen MR) is 108 cm³/mol. The van der Waals surface area contributed by atoms with Crippen LogP contribution < -0.4 is 0 Å². The number of oxime groups is 1. The zero-order valence-corrected chi connectivity index (χ0v) is 15.5. The maximum Gasteiger partial charge on any atom is 0.137 e. The van der Waals surface area contributed by atoms with Crippen LogP contribution in [0.4, 0.5) is 0 Å². The van der Waals surface area contributed by atoms with E-state index >= 15 is 0 Å². The molecule has 0 aliphatic carbocycles. The number of rotatable bonds is 5. The van der Waals surface area contributed by atoms with Gasteiger partial charge in [-0.1, -0.05) is 42.4 Å². The maximum atomic E-state index is 9.40. The second-order valence-corrected chi connectivity index (χ2v) is 7.14. The molecule has 1 aromatic carbocycles. The summed E-state index contributed by atoms with van der Waals surface area (Å²) in [5.74, 6) is 1.00. The summed E-state index contributed by atoms with van der Waals surface area (Å²) >= 11 is 1.55. The average Bonchev–Trinajstić information content (AvgIpc) is 3.42. The van der Waals surface area contributed by atoms with E-state index in [9.17, 15) is 5.21 Å². The number of aromatic amines is 1. The summed E-state index contributed by atoms with van der Waals surface area (Å²) in [6.45, 7) is 2.14. The Labute approximate surface area is 161 Å². The molecule has 4 aromatic rings. The molecule has 5 nitrogen and oxygen atoms in total. The SMILES string of the molecule is CC(c1ccc(C(=NO)c2cccs2)cc1)c1cnc(-c2ccncc2)[nH]1. The molecule has 0 saturated carbocycles. The number of aromatic nitrogens is 3. The molecule has 134 valence electrons. The van der Waals surface area contributed by atoms with Gasteiger partial charge in [0.1, 0.15) is 11.5 Å². The molecule has 0 aliphatic heterocycles. The van der Waals surface area contributed by atoms with Gasteiger partial charge in [0.25, 0.3) is 0 Å². The van der Waals surface area contributed by atoms with Gasteiger partial charge in [0.15, 0.2) is 0 Å². The Hall–Kier alpha value is -3.25. The van der Waals surface area contributed by atoms with E-state index in [-0.39, 0.29) is 5.92 Å². The summed E-state index contributed by atoms with van der Waals surface area (Å²) in [6, 6.07) is 15.9. The molecule has 0 spiro atoms. The highest BCUT2D eigenvalue weighted by Gasteiger charge is 2.14. The summed E-state index contributed by atoms with van der Waals surface area (Å²) in [7, 11) is 0. The smallest absolute Gasteiger partial charge is 0.137 e. The van der Waals surface area contributed by atoms with Crippen molar-refractivity contribution in [3.63, 3.8) is 0 Å². The third-order valence-electron chi connectivity index (χ3n) is 4.55. The van der Waals surface area contributed by atoms with Crippen LogP contribution in [0, 0.1) is 0 Å². The Morgan fingerprint density at radius 3 is 2.56 bits per heavy atom. The van der Waals surface area contributed by atoms with E-state index in [1.807, 2.05) is 48.0 Å². The summed E-state index contributed by atoms with van der Waals surface area (Å²) in [4.78, 5) is 12.9. The van der Waals surface area contributed by atoms with Gasteiger partial charge in [0, 0.05) is 41.3 Å². The van der Waals surface area contributed by atoms with E-state index in [2.05, 4.69) is 39.2 Å². The number of H-pyrrole nitrogens is 1. The van der Waals surface area contributed by atoms with Crippen LogP contribution in [0.25, 0.3) is 11.4 Å². The monoisotopic (exact) mass is 374 g/mol. The Bertz CT molecular complexity index is 1040. The standard InChI is InChI=1S/C21H18N4OS/c1-14(18-13-23-21(24-18)17-8-10-22-11-9-17)15-4-6-16(7-5-15)20(25-26)19-3-2-12-27-19/h2-14,26H,1H3,(H,23,24). The molecule has 0 bridgehead atoms. The predicted octanol–water partition coefficient (Wildman–Crippen LogP) is 4.91. The van der Waals surface area contributed by atoms with Crippen molar-refractivity contribution in [1.82, 2.24) is 15.0 Å². The molecule has 0 radical (unpaired) electrons. The molecular formula is C21H18N4OS. The number of imidazole rings is 1. The normalized spacial score (nSPS) is 12.9. The lowest BCUT2D eigenvalue weighted by Gasteiger charge is -2.11. The Morgan fingerprint density at radius 1 is 1.11 bits per heavy atom. The van der Waals surface area contributed by atoms with Crippen LogP contribution in [-0.4, -0.2) is 25.9 Å². The van der Waals surface area contributed by atoms with Crippen molar-refractivity contribution in [2.45, 2.75) is 12.8 Å². The summed E-state index contributed by atoms with van der Waals surface area (Å²) in [5.41, 5.74) is 4.69. The molecule has 2 N–H and O–H groups in total. The van der Waals surface area contributed by atoms with E-state index < -0.39 is 0 Å². The Kier molecular flexibility index (Phi) is 4.80. The number of hydrogen-bond donors (Lipinski definition) is 2. The van der Waals surface area contributed by atoms with Gasteiger partial charge < -0.3 is 10.2 Å². The van der Waals surface area contributed by atoms with Gasteiger partial charge in [-0.2, -0.15) is 0 Å². The van der Waals surface area contributed by atoms with Crippen molar-refractivity contribution in [1.29, 1.82) is 0 Å². The minimum absolute atomic E-state index is 0.165. The maximum absolute atomic E-state index is 9.40. The first-order valence-corrected chi connectivity index (χ1v) is 9.46. The first-order chi connectivity index (χ1) is 13.3. The molecule has 3 aromatic heterocycles. The Morgan fingerprint density at radius 2 is 1.89 bits per heavy atom. The summed E-state index contributed by atoms with van der Waals surface area (Å²) in [6.07, 6.45) is 5.39. The summed E-state index contributed by atoms with van der Waals surface area (Å²) < 4.78 is 0. The molecular weight excluding hydrogens is 356 g/mol. The van der Waals surface area contributed by atoms with Crippen LogP contribution in [0.1, 0.15) is 34.5 Å². The quantitative estimate of drug-likeness (QED) is 0.296. The summed E-state index contributed by atoms with van der Waals surface area (Å²) in [5, 5.41) is 14.8. The average molecular weight is 374 g/mol. The number of nitrogens with zero attached hydrogens (tertiary/aromatic N) is 3. The van der Waals surface area contributed by atoms with Gasteiger partial charge in [-0.05, 0) is 29.1 Å². The molecule has 1 unspecified atom stereocenters. The first-order valence-electron chi connectivity index (χ1n) is 8.58. The fourth-order valence-corrected chi connectivity index (χ4v) is 3.71. The van der Waals surface area contributed by atoms with E-state index in [1.54, 1.807) is 23.7 Å². The Balaban J connectivity index is 1.56. The largest absolute Gasteiger partial charge is 0.410 e. The molecule has 27 heavy (non-hydrogen) atoms. The van der Waals surface area contributed by atoms with Crippen molar-refractivity contribution >= 4 is 17.0 Å². The van der Waals surface area contributed by atoms with Crippen LogP contribution in [0.3, 0.4) is 0 Å². The van der Waals surface area contributed by atoms with Gasteiger partial charge in [0.2, 0.25) is 0 Å². The minimum Gasteiger partial charge on any atom is -0.410 e. The van der Waals surface area contributed by atoms with Gasteiger partial charge >= 0.3 is 0 Å². The second kappa shape index (κ2) is 7.55. The topological polar surface area (TPSA) is 74.2 Å². The van der Waals surface area contributed by atoms with Gasteiger partial charge in [0.05, 0.1) is 4.88 Å². The molecule has 1 atom stereocenters. The van der Waals surface area contributed by atoms with Crippen LogP contribution in [0.5, 0.6) is 0 Å². The lowest BCUT2D eigenvalue weighted by atomic mass is 9.96. The van der Waals surface area contributed by atoms with Crippen LogP contribution in [0.15, 0.2) is 77.7 Å². The minimum atomic E-state index is 0.165. The number of benzene rings is 1. The van der Waals surface area contributed by atoms with Crippen molar-refractivity contribution in [3.8, 4) is 11.4 Å². The number of hydrogen-bond acceptors (Lipinski definition) is 5. The number of thiophene rings is 1. The van der Waals surface area contributed by atoms with Crippen LogP contribution in [0.2, 0.25) is 0 Å². The van der Waals surface area contributed by atoms with Crippen molar-refractivity contribution in [2.24, 2.45) is 5.16 Å². The third kappa shape index (κ3) is 3.52. The lowest BCUT2D eigenvalue weighted by Crippen LogP contribution is -2.02. The first kappa shape index (κ1) is 17.2. The zero-order chi connectivity index (χ0) is 18.6. The van der Waals surface area contributed by atoms with Crippen molar-refractivity contribution in [3.05, 3.63) is 94.2 Å². The van der Waals surface area contributed by atoms with Crippen molar-refractivity contribution in [2.75, 3.05) is 0 Å². The van der Waals surface area contributed by atoms with Crippen LogP contribution >= 0.6 is 11.3 Å². The fourth-order valence-electron chi connectivity index (χ4n) is 2.98. The molecule has 0 amide bonds. The molecule has 0 fully saturated rings. The highest BCUT2D eigenvalue weighted by atomic mass is 32.1. The van der Waals surface area contributed by atoms with Gasteiger partial charge in [-0.25, -0.2) is 4.98 Å². The molecule has 3 heterocycles. The molecule has 0 aliphatic rings. The van der Waals surface area contributed by atoms with E-state index in [0.717, 1.165) is 33.1 Å². The van der Waals surface area contributed by atoms with Crippen LogP contribution in [-0.2, 0) is 0 Å². The third-order valence-corrected chi connectivity index (χ3v) is 5.43. The molecule has 6 heteroatoms. The number of pyridine rings is 1. The highest BCUT2D eigenvalue weighted by molar-refractivity contribution is 7.12. The molecule has 0 saturated heterocycles. The number of nitrogens with one attached hydrogen (secondary N) is 1.